The zero-order valence-electron chi connectivity index (χ0n) is 18.2. The summed E-state index contributed by atoms with van der Waals surface area (Å²) in [4.78, 5) is 37.7. The van der Waals surface area contributed by atoms with Crippen LogP contribution in [0, 0.1) is 0 Å². The van der Waals surface area contributed by atoms with Gasteiger partial charge in [-0.15, -0.1) is 0 Å². The Kier molecular flexibility index (Phi) is 7.34. The highest BCUT2D eigenvalue weighted by atomic mass is 35.5. The fourth-order valence-corrected chi connectivity index (χ4v) is 3.75. The second-order valence-electron chi connectivity index (χ2n) is 7.56. The molecule has 0 aliphatic carbocycles. The molecular weight excluding hydrogens is 456 g/mol. The van der Waals surface area contributed by atoms with Gasteiger partial charge in [0.25, 0.3) is 5.91 Å². The van der Waals surface area contributed by atoms with Gasteiger partial charge < -0.3 is 20.4 Å². The maximum atomic E-state index is 12.8. The Hall–Kier alpha value is -3.98. The van der Waals surface area contributed by atoms with E-state index in [2.05, 4.69) is 20.3 Å². The van der Waals surface area contributed by atoms with E-state index < -0.39 is 12.0 Å². The van der Waals surface area contributed by atoms with Crippen LogP contribution in [-0.2, 0) is 16.1 Å². The summed E-state index contributed by atoms with van der Waals surface area (Å²) < 4.78 is 7.26. The normalized spacial score (nSPS) is 11.8. The van der Waals surface area contributed by atoms with E-state index in [0.717, 1.165) is 5.56 Å². The van der Waals surface area contributed by atoms with Crippen LogP contribution in [0.15, 0.2) is 67.3 Å². The molecule has 2 aromatic heterocycles. The van der Waals surface area contributed by atoms with E-state index in [-0.39, 0.29) is 18.9 Å². The summed E-state index contributed by atoms with van der Waals surface area (Å²) in [5, 5.41) is 3.24. The van der Waals surface area contributed by atoms with Crippen LogP contribution in [0.5, 0.6) is 0 Å². The standard InChI is InChI=1S/C24H23ClN6O3/c25-18-10-5-4-9-17(18)24(33)30-19(16-7-2-1-3-8-16)13-20(32)34-12-6-11-31-15-29-21-22(26)27-14-28-23(21)31/h1-5,7-10,14-15,19H,6,11-13H2,(H,30,33)(H2,26,27,28). The molecule has 34 heavy (non-hydrogen) atoms. The maximum Gasteiger partial charge on any atom is 0.308 e. The number of anilines is 1. The molecule has 2 heterocycles. The van der Waals surface area contributed by atoms with Crippen LogP contribution >= 0.6 is 11.6 Å². The number of carbonyl (C=O) groups is 2. The molecule has 1 atom stereocenters. The minimum atomic E-state index is -0.560. The smallest absolute Gasteiger partial charge is 0.308 e. The molecule has 3 N–H and O–H groups in total. The summed E-state index contributed by atoms with van der Waals surface area (Å²) in [5.41, 5.74) is 8.11. The van der Waals surface area contributed by atoms with Gasteiger partial charge in [-0.25, -0.2) is 15.0 Å². The molecule has 2 aromatic carbocycles. The average Bonchev–Trinajstić information content (AvgIpc) is 3.26. The number of amides is 1. The number of carbonyl (C=O) groups excluding carboxylic acids is 2. The van der Waals surface area contributed by atoms with Crippen molar-refractivity contribution in [2.24, 2.45) is 0 Å². The fraction of sp³-hybridized carbons (Fsp3) is 0.208. The zero-order chi connectivity index (χ0) is 23.9. The lowest BCUT2D eigenvalue weighted by molar-refractivity contribution is -0.144. The van der Waals surface area contributed by atoms with Crippen molar-refractivity contribution < 1.29 is 14.3 Å². The van der Waals surface area contributed by atoms with E-state index in [9.17, 15) is 9.59 Å². The number of benzene rings is 2. The Morgan fingerprint density at radius 1 is 1.06 bits per heavy atom. The fourth-order valence-electron chi connectivity index (χ4n) is 3.53. The van der Waals surface area contributed by atoms with E-state index in [0.29, 0.717) is 40.5 Å². The van der Waals surface area contributed by atoms with Gasteiger partial charge in [0.1, 0.15) is 11.8 Å². The van der Waals surface area contributed by atoms with Gasteiger partial charge in [0, 0.05) is 6.54 Å². The molecule has 0 aliphatic rings. The van der Waals surface area contributed by atoms with Gasteiger partial charge in [-0.3, -0.25) is 9.59 Å². The summed E-state index contributed by atoms with van der Waals surface area (Å²) in [7, 11) is 0. The molecular formula is C24H23ClN6O3. The van der Waals surface area contributed by atoms with Crippen LogP contribution in [0.25, 0.3) is 11.2 Å². The molecule has 0 aliphatic heterocycles. The van der Waals surface area contributed by atoms with E-state index >= 15 is 0 Å². The minimum absolute atomic E-state index is 0.0159. The van der Waals surface area contributed by atoms with E-state index in [1.165, 1.54) is 6.33 Å². The summed E-state index contributed by atoms with van der Waals surface area (Å²) in [6.45, 7) is 0.755. The number of nitrogen functional groups attached to an aromatic ring is 1. The number of hydrogen-bond donors (Lipinski definition) is 2. The number of fused-ring (bicyclic) bond motifs is 1. The SMILES string of the molecule is Nc1ncnc2c1ncn2CCCOC(=O)CC(NC(=O)c1ccccc1Cl)c1ccccc1. The molecule has 0 bridgehead atoms. The summed E-state index contributed by atoms with van der Waals surface area (Å²) in [5.74, 6) is -0.461. The van der Waals surface area contributed by atoms with Crippen LogP contribution in [0.2, 0.25) is 5.02 Å². The molecule has 4 aromatic rings. The van der Waals surface area contributed by atoms with E-state index in [1.54, 1.807) is 30.6 Å². The van der Waals surface area contributed by atoms with Crippen LogP contribution in [0.1, 0.15) is 34.8 Å². The number of nitrogens with one attached hydrogen (secondary N) is 1. The molecule has 0 radical (unpaired) electrons. The first-order chi connectivity index (χ1) is 16.5. The number of esters is 1. The van der Waals surface area contributed by atoms with Gasteiger partial charge in [-0.05, 0) is 24.1 Å². The second kappa shape index (κ2) is 10.8. The van der Waals surface area contributed by atoms with Crippen molar-refractivity contribution in [2.75, 3.05) is 12.3 Å². The van der Waals surface area contributed by atoms with E-state index in [4.69, 9.17) is 22.1 Å². The Balaban J connectivity index is 1.34. The molecule has 174 valence electrons. The summed E-state index contributed by atoms with van der Waals surface area (Å²) in [6, 6.07) is 15.5. The first-order valence-corrected chi connectivity index (χ1v) is 11.1. The third kappa shape index (κ3) is 5.49. The molecule has 10 heteroatoms. The highest BCUT2D eigenvalue weighted by molar-refractivity contribution is 6.33. The van der Waals surface area contributed by atoms with Gasteiger partial charge in [0.15, 0.2) is 11.5 Å². The molecule has 1 unspecified atom stereocenters. The third-order valence-electron chi connectivity index (χ3n) is 5.23. The number of ether oxygens (including phenoxy) is 1. The predicted octanol–water partition coefficient (Wildman–Crippen LogP) is 3.56. The third-order valence-corrected chi connectivity index (χ3v) is 5.56. The lowest BCUT2D eigenvalue weighted by Crippen LogP contribution is -2.31. The summed E-state index contributed by atoms with van der Waals surface area (Å²) in [6.07, 6.45) is 3.56. The zero-order valence-corrected chi connectivity index (χ0v) is 19.0. The van der Waals surface area contributed by atoms with Gasteiger partial charge in [-0.2, -0.15) is 0 Å². The largest absolute Gasteiger partial charge is 0.466 e. The lowest BCUT2D eigenvalue weighted by atomic mass is 10.0. The molecule has 0 spiro atoms. The lowest BCUT2D eigenvalue weighted by Gasteiger charge is -2.19. The van der Waals surface area contributed by atoms with Crippen molar-refractivity contribution in [1.82, 2.24) is 24.8 Å². The predicted molar refractivity (Wildman–Crippen MR) is 128 cm³/mol. The van der Waals surface area contributed by atoms with Gasteiger partial charge >= 0.3 is 5.97 Å². The van der Waals surface area contributed by atoms with Crippen LogP contribution in [-0.4, -0.2) is 38.0 Å². The van der Waals surface area contributed by atoms with Crippen LogP contribution in [0.3, 0.4) is 0 Å². The Morgan fingerprint density at radius 2 is 1.82 bits per heavy atom. The number of hydrogen-bond acceptors (Lipinski definition) is 7. The quantitative estimate of drug-likeness (QED) is 0.278. The first kappa shape index (κ1) is 23.2. The number of nitrogens with zero attached hydrogens (tertiary/aromatic N) is 4. The molecule has 4 rings (SSSR count). The number of halogens is 1. The monoisotopic (exact) mass is 478 g/mol. The second-order valence-corrected chi connectivity index (χ2v) is 7.97. The topological polar surface area (TPSA) is 125 Å². The first-order valence-electron chi connectivity index (χ1n) is 10.7. The van der Waals surface area contributed by atoms with Crippen LogP contribution in [0.4, 0.5) is 5.82 Å². The number of aromatic nitrogens is 4. The number of aryl methyl sites for hydroxylation is 1. The molecule has 0 saturated carbocycles. The highest BCUT2D eigenvalue weighted by Crippen LogP contribution is 2.21. The average molecular weight is 479 g/mol. The molecule has 1 amide bonds. The summed E-state index contributed by atoms with van der Waals surface area (Å²) >= 11 is 6.15. The van der Waals surface area contributed by atoms with Crippen molar-refractivity contribution in [1.29, 1.82) is 0 Å². The van der Waals surface area contributed by atoms with Crippen molar-refractivity contribution in [3.8, 4) is 0 Å². The maximum absolute atomic E-state index is 12.8. The van der Waals surface area contributed by atoms with Crippen molar-refractivity contribution in [2.45, 2.75) is 25.4 Å². The minimum Gasteiger partial charge on any atom is -0.466 e. The van der Waals surface area contributed by atoms with Crippen molar-refractivity contribution in [3.63, 3.8) is 0 Å². The van der Waals surface area contributed by atoms with Crippen molar-refractivity contribution >= 4 is 40.5 Å². The van der Waals surface area contributed by atoms with Crippen molar-refractivity contribution in [3.05, 3.63) is 83.4 Å². The number of imidazole rings is 1. The highest BCUT2D eigenvalue weighted by Gasteiger charge is 2.21. The van der Waals surface area contributed by atoms with Gasteiger partial charge in [0.05, 0.1) is 36.0 Å². The Labute approximate surface area is 200 Å². The Bertz CT molecular complexity index is 1290. The molecule has 9 nitrogen and oxygen atoms in total. The van der Waals surface area contributed by atoms with Gasteiger partial charge in [0.2, 0.25) is 0 Å². The molecule has 0 fully saturated rings. The van der Waals surface area contributed by atoms with Gasteiger partial charge in [-0.1, -0.05) is 54.1 Å². The Morgan fingerprint density at radius 3 is 2.62 bits per heavy atom. The number of nitrogens with two attached hydrogens (primary N) is 1. The molecule has 0 saturated heterocycles. The van der Waals surface area contributed by atoms with E-state index in [1.807, 2.05) is 34.9 Å². The number of rotatable bonds is 9. The van der Waals surface area contributed by atoms with Crippen LogP contribution < -0.4 is 11.1 Å².